The lowest BCUT2D eigenvalue weighted by molar-refractivity contribution is -0.136. The molecule has 0 saturated carbocycles. The van der Waals surface area contributed by atoms with Crippen molar-refractivity contribution in [2.75, 3.05) is 13.1 Å². The van der Waals surface area contributed by atoms with Crippen molar-refractivity contribution in [1.82, 2.24) is 24.4 Å². The Bertz CT molecular complexity index is 1020. The normalized spacial score (nSPS) is 19.4. The van der Waals surface area contributed by atoms with Crippen LogP contribution in [0.3, 0.4) is 0 Å². The van der Waals surface area contributed by atoms with Crippen LogP contribution in [0.5, 0.6) is 0 Å². The van der Waals surface area contributed by atoms with Gasteiger partial charge in [-0.25, -0.2) is 9.50 Å². The van der Waals surface area contributed by atoms with E-state index in [9.17, 15) is 14.4 Å². The van der Waals surface area contributed by atoms with E-state index in [-0.39, 0.29) is 29.3 Å². The van der Waals surface area contributed by atoms with Crippen molar-refractivity contribution >= 4 is 17.5 Å². The first kappa shape index (κ1) is 20.6. The summed E-state index contributed by atoms with van der Waals surface area (Å²) in [6.07, 6.45) is 4.91. The summed E-state index contributed by atoms with van der Waals surface area (Å²) < 4.78 is 1.48. The van der Waals surface area contributed by atoms with E-state index < -0.39 is 0 Å². The summed E-state index contributed by atoms with van der Waals surface area (Å²) in [5, 5.41) is 3.22. The fourth-order valence-electron chi connectivity index (χ4n) is 4.63. The van der Waals surface area contributed by atoms with Crippen molar-refractivity contribution in [1.29, 1.82) is 0 Å². The van der Waals surface area contributed by atoms with Gasteiger partial charge in [0.15, 0.2) is 5.65 Å². The van der Waals surface area contributed by atoms with Crippen molar-refractivity contribution < 1.29 is 9.59 Å². The molecule has 4 rings (SSSR count). The van der Waals surface area contributed by atoms with Gasteiger partial charge >= 0.3 is 0 Å². The molecule has 1 fully saturated rings. The summed E-state index contributed by atoms with van der Waals surface area (Å²) in [7, 11) is 0. The third-order valence-corrected chi connectivity index (χ3v) is 6.23. The predicted octanol–water partition coefficient (Wildman–Crippen LogP) is 2.42. The van der Waals surface area contributed by atoms with Gasteiger partial charge in [0.25, 0.3) is 5.56 Å². The maximum absolute atomic E-state index is 13.2. The molecule has 0 spiro atoms. The summed E-state index contributed by atoms with van der Waals surface area (Å²) in [6, 6.07) is 1.87. The number of hydrogen-bond donors (Lipinski definition) is 1. The molecular formula is C22H31N5O3. The van der Waals surface area contributed by atoms with Crippen LogP contribution in [0.25, 0.3) is 5.65 Å². The number of fused-ring (bicyclic) bond motifs is 2. The van der Waals surface area contributed by atoms with Crippen LogP contribution in [0.1, 0.15) is 75.9 Å². The monoisotopic (exact) mass is 413 g/mol. The van der Waals surface area contributed by atoms with Gasteiger partial charge in [0.05, 0.1) is 29.5 Å². The molecule has 1 N–H and O–H groups in total. The van der Waals surface area contributed by atoms with E-state index in [4.69, 9.17) is 4.98 Å². The van der Waals surface area contributed by atoms with Gasteiger partial charge in [-0.05, 0) is 25.7 Å². The predicted molar refractivity (Wildman–Crippen MR) is 113 cm³/mol. The van der Waals surface area contributed by atoms with E-state index in [2.05, 4.69) is 5.10 Å². The Balaban J connectivity index is 1.68. The Morgan fingerprint density at radius 2 is 2.07 bits per heavy atom. The van der Waals surface area contributed by atoms with E-state index in [0.717, 1.165) is 43.6 Å². The molecule has 0 bridgehead atoms. The van der Waals surface area contributed by atoms with Crippen molar-refractivity contribution in [3.8, 4) is 0 Å². The van der Waals surface area contributed by atoms with Crippen LogP contribution >= 0.6 is 0 Å². The number of H-pyrrole nitrogens is 1. The van der Waals surface area contributed by atoms with Gasteiger partial charge in [-0.15, -0.1) is 0 Å². The molecule has 0 aromatic carbocycles. The second-order valence-electron chi connectivity index (χ2n) is 8.76. The Morgan fingerprint density at radius 3 is 2.80 bits per heavy atom. The van der Waals surface area contributed by atoms with E-state index >= 15 is 0 Å². The highest BCUT2D eigenvalue weighted by Crippen LogP contribution is 2.31. The van der Waals surface area contributed by atoms with Gasteiger partial charge in [0.1, 0.15) is 0 Å². The number of carbonyl (C=O) groups excluding carboxylic acids is 2. The first-order chi connectivity index (χ1) is 14.4. The minimum absolute atomic E-state index is 0.0463. The van der Waals surface area contributed by atoms with E-state index in [1.807, 2.05) is 31.7 Å². The fraction of sp³-hybridized carbons (Fsp3) is 0.636. The molecule has 30 heavy (non-hydrogen) atoms. The maximum atomic E-state index is 13.2. The molecule has 2 aromatic heterocycles. The van der Waals surface area contributed by atoms with E-state index in [0.29, 0.717) is 37.1 Å². The highest BCUT2D eigenvalue weighted by atomic mass is 16.2. The number of hydrogen-bond acceptors (Lipinski definition) is 4. The minimum Gasteiger partial charge on any atom is -0.337 e. The third kappa shape index (κ3) is 3.63. The second kappa shape index (κ2) is 8.24. The molecule has 8 nitrogen and oxygen atoms in total. The van der Waals surface area contributed by atoms with Crippen LogP contribution in [0, 0.1) is 5.92 Å². The highest BCUT2D eigenvalue weighted by Gasteiger charge is 2.30. The van der Waals surface area contributed by atoms with Gasteiger partial charge in [-0.1, -0.05) is 20.8 Å². The number of aromatic nitrogens is 3. The third-order valence-electron chi connectivity index (χ3n) is 6.23. The SMILES string of the molecule is CCCC(=O)N1CCCCC1c1cc2nc3c(c(=O)n2[nH]1)CN(C(=O)C(C)C)CC3. The number of carbonyl (C=O) groups is 2. The molecule has 1 unspecified atom stereocenters. The quantitative estimate of drug-likeness (QED) is 0.833. The van der Waals surface area contributed by atoms with Gasteiger partial charge in [-0.2, -0.15) is 0 Å². The van der Waals surface area contributed by atoms with Crippen molar-refractivity contribution in [2.24, 2.45) is 5.92 Å². The van der Waals surface area contributed by atoms with Gasteiger partial charge < -0.3 is 9.80 Å². The lowest BCUT2D eigenvalue weighted by atomic mass is 9.98. The van der Waals surface area contributed by atoms with E-state index in [1.54, 1.807) is 4.90 Å². The van der Waals surface area contributed by atoms with Gasteiger partial charge in [0.2, 0.25) is 11.8 Å². The Hall–Kier alpha value is -2.64. The molecule has 0 radical (unpaired) electrons. The van der Waals surface area contributed by atoms with E-state index in [1.165, 1.54) is 4.52 Å². The molecule has 2 aliphatic heterocycles. The number of rotatable bonds is 4. The molecule has 0 aliphatic carbocycles. The van der Waals surface area contributed by atoms with Gasteiger partial charge in [0, 0.05) is 37.9 Å². The van der Waals surface area contributed by atoms with Crippen molar-refractivity contribution in [3.05, 3.63) is 33.4 Å². The first-order valence-electron chi connectivity index (χ1n) is 11.1. The van der Waals surface area contributed by atoms with Crippen LogP contribution < -0.4 is 5.56 Å². The number of nitrogens with zero attached hydrogens (tertiary/aromatic N) is 4. The summed E-state index contributed by atoms with van der Waals surface area (Å²) in [4.78, 5) is 46.6. The standard InChI is InChI=1S/C22H31N5O3/c1-4-7-20(28)26-10-6-5-8-18(26)17-12-19-23-16-9-11-25(21(29)14(2)3)13-15(16)22(30)27(19)24-17/h12,14,18,24H,4-11,13H2,1-3H3. The van der Waals surface area contributed by atoms with Crippen LogP contribution in [0.15, 0.2) is 10.9 Å². The molecule has 4 heterocycles. The molecule has 1 atom stereocenters. The lowest BCUT2D eigenvalue weighted by Gasteiger charge is -2.35. The van der Waals surface area contributed by atoms with Crippen molar-refractivity contribution in [3.63, 3.8) is 0 Å². The summed E-state index contributed by atoms with van der Waals surface area (Å²) in [6.45, 7) is 7.41. The van der Waals surface area contributed by atoms with Crippen molar-refractivity contribution in [2.45, 2.75) is 71.9 Å². The summed E-state index contributed by atoms with van der Waals surface area (Å²) in [5.74, 6) is 0.133. The number of aromatic amines is 1. The summed E-state index contributed by atoms with van der Waals surface area (Å²) >= 11 is 0. The number of piperidine rings is 1. The molecule has 2 aliphatic rings. The molecule has 8 heteroatoms. The zero-order chi connectivity index (χ0) is 21.4. The maximum Gasteiger partial charge on any atom is 0.277 e. The Labute approximate surface area is 176 Å². The number of amides is 2. The van der Waals surface area contributed by atoms with Crippen LogP contribution in [0.2, 0.25) is 0 Å². The average molecular weight is 414 g/mol. The Kier molecular flexibility index (Phi) is 5.66. The molecule has 162 valence electrons. The van der Waals surface area contributed by atoms with Crippen LogP contribution in [-0.4, -0.2) is 49.3 Å². The molecule has 1 saturated heterocycles. The zero-order valence-electron chi connectivity index (χ0n) is 18.1. The molecule has 2 aromatic rings. The zero-order valence-corrected chi connectivity index (χ0v) is 18.1. The van der Waals surface area contributed by atoms with Gasteiger partial charge in [-0.3, -0.25) is 19.5 Å². The first-order valence-corrected chi connectivity index (χ1v) is 11.1. The topological polar surface area (TPSA) is 90.8 Å². The highest BCUT2D eigenvalue weighted by molar-refractivity contribution is 5.78. The number of likely N-dealkylation sites (tertiary alicyclic amines) is 1. The molecule has 2 amide bonds. The van der Waals surface area contributed by atoms with Crippen LogP contribution in [-0.2, 0) is 22.6 Å². The molecular weight excluding hydrogens is 382 g/mol. The Morgan fingerprint density at radius 1 is 1.27 bits per heavy atom. The smallest absolute Gasteiger partial charge is 0.277 e. The average Bonchev–Trinajstić information content (AvgIpc) is 3.17. The minimum atomic E-state index is -0.148. The fourth-order valence-corrected chi connectivity index (χ4v) is 4.63. The lowest BCUT2D eigenvalue weighted by Crippen LogP contribution is -2.42. The number of nitrogens with one attached hydrogen (secondary N) is 1. The van der Waals surface area contributed by atoms with Crippen LogP contribution in [0.4, 0.5) is 0 Å². The second-order valence-corrected chi connectivity index (χ2v) is 8.76. The largest absolute Gasteiger partial charge is 0.337 e. The summed E-state index contributed by atoms with van der Waals surface area (Å²) in [5.41, 5.74) is 2.67.